The van der Waals surface area contributed by atoms with Gasteiger partial charge in [0.2, 0.25) is 87.1 Å². The van der Waals surface area contributed by atoms with E-state index in [0.717, 1.165) is 57.7 Å². The summed E-state index contributed by atoms with van der Waals surface area (Å²) in [7, 11) is 0. The van der Waals surface area contributed by atoms with Gasteiger partial charge < -0.3 is 136 Å². The average Bonchev–Trinajstić information content (AvgIpc) is 1.53. The molecular weight excluding hydrogens is 1620 g/mol. The fourth-order valence-electron chi connectivity index (χ4n) is 12.2. The van der Waals surface area contributed by atoms with E-state index in [1.807, 2.05) is 0 Å². The number of benzene rings is 2. The summed E-state index contributed by atoms with van der Waals surface area (Å²) in [6.07, 6.45) is -8.58. The summed E-state index contributed by atoms with van der Waals surface area (Å²) in [5.41, 5.74) is 12.4. The number of ether oxygens (including phenoxy) is 2. The van der Waals surface area contributed by atoms with E-state index in [9.17, 15) is 118 Å². The van der Waals surface area contributed by atoms with Crippen molar-refractivity contribution in [3.8, 4) is 0 Å². The minimum Gasteiger partial charge on any atom is -0.481 e. The van der Waals surface area contributed by atoms with E-state index in [0.29, 0.717) is 29.3 Å². The number of cyclic esters (lactones) is 1. The molecule has 13 unspecified atom stereocenters. The molecule has 0 aliphatic carbocycles. The number of carboxylic acids is 1. The SMILES string of the molecule is CCCCCCCCCC(=O)NC(Cc1c[nH]c2ccccc12)C(=O)NC(CC(N)=O)C(=O)NC(CC(=O)O)C(=O)NC1C(=O)NCC(=O)NC(CCCN)C(=O)NC(CC(O)O)C(=O)NC(C)C(=O)NC(CC(O)O)C(=O)NCC(=O)NC(CO)C(=O)NC(C(C)CC(O)O)C(=O)NC(CC(=O)c2ccccc2SC(=S)OCC)C(=O)OC1C. The number of amides is 14. The molecule has 0 saturated carbocycles. The summed E-state index contributed by atoms with van der Waals surface area (Å²) >= 11 is 6.10. The molecule has 1 aliphatic rings. The zero-order chi connectivity index (χ0) is 89.5. The van der Waals surface area contributed by atoms with Crippen molar-refractivity contribution in [2.75, 3.05) is 32.8 Å². The Morgan fingerprint density at radius 3 is 1.78 bits per heavy atom. The second-order valence-corrected chi connectivity index (χ2v) is 29.9. The van der Waals surface area contributed by atoms with Crippen molar-refractivity contribution in [2.45, 2.75) is 240 Å². The smallest absolute Gasteiger partial charge is 0.329 e. The van der Waals surface area contributed by atoms with Crippen molar-refractivity contribution < 1.29 is 132 Å². The van der Waals surface area contributed by atoms with E-state index < -0.39 is 256 Å². The van der Waals surface area contributed by atoms with Crippen LogP contribution in [0.3, 0.4) is 0 Å². The number of esters is 1. The third-order valence-corrected chi connectivity index (χ3v) is 19.7. The first-order valence-corrected chi connectivity index (χ1v) is 40.0. The normalized spacial score (nSPS) is 21.0. The van der Waals surface area contributed by atoms with E-state index in [1.54, 1.807) is 37.4 Å². The Hall–Kier alpha value is -10.9. The highest BCUT2D eigenvalue weighted by atomic mass is 32.2. The first kappa shape index (κ1) is 101. The van der Waals surface area contributed by atoms with Gasteiger partial charge in [0, 0.05) is 66.1 Å². The zero-order valence-corrected chi connectivity index (χ0v) is 68.4. The van der Waals surface area contributed by atoms with E-state index in [1.165, 1.54) is 31.2 Å². The first-order valence-electron chi connectivity index (χ1n) is 38.8. The third kappa shape index (κ3) is 35.6. The summed E-state index contributed by atoms with van der Waals surface area (Å²) < 4.78 is 11.1. The van der Waals surface area contributed by atoms with Crippen molar-refractivity contribution >= 4 is 140 Å². The van der Waals surface area contributed by atoms with E-state index in [-0.39, 0.29) is 53.7 Å². The summed E-state index contributed by atoms with van der Waals surface area (Å²) in [6.45, 7) is 3.07. The first-order chi connectivity index (χ1) is 56.8. The van der Waals surface area contributed by atoms with Crippen LogP contribution in [0.1, 0.15) is 153 Å². The molecule has 4 rings (SSSR count). The molecule has 43 nitrogen and oxygen atoms in total. The molecule has 45 heteroatoms. The lowest BCUT2D eigenvalue weighted by Crippen LogP contribution is -2.62. The zero-order valence-electron chi connectivity index (χ0n) is 66.8. The van der Waals surface area contributed by atoms with Gasteiger partial charge >= 0.3 is 11.9 Å². The van der Waals surface area contributed by atoms with Crippen LogP contribution in [0, 0.1) is 5.92 Å². The van der Waals surface area contributed by atoms with Crippen molar-refractivity contribution in [2.24, 2.45) is 17.4 Å². The van der Waals surface area contributed by atoms with Gasteiger partial charge in [-0.1, -0.05) is 88.8 Å². The number of aromatic nitrogens is 1. The Balaban J connectivity index is 1.92. The number of nitrogens with one attached hydrogen (secondary N) is 14. The average molecular weight is 1730 g/mol. The van der Waals surface area contributed by atoms with Crippen LogP contribution in [-0.4, -0.2) is 275 Å². The predicted octanol–water partition coefficient (Wildman–Crippen LogP) is -6.11. The van der Waals surface area contributed by atoms with Crippen molar-refractivity contribution in [3.05, 3.63) is 65.9 Å². The Labute approximate surface area is 698 Å². The second kappa shape index (κ2) is 52.2. The molecule has 1 fully saturated rings. The Morgan fingerprint density at radius 1 is 0.617 bits per heavy atom. The number of aliphatic hydroxyl groups excluding tert-OH is 4. The minimum atomic E-state index is -2.44. The number of carbonyl (C=O) groups is 17. The van der Waals surface area contributed by atoms with Crippen LogP contribution < -0.4 is 80.6 Å². The number of H-pyrrole nitrogens is 1. The van der Waals surface area contributed by atoms with Gasteiger partial charge in [0.25, 0.3) is 0 Å². The van der Waals surface area contributed by atoms with Gasteiger partial charge in [0.1, 0.15) is 72.6 Å². The third-order valence-electron chi connectivity index (χ3n) is 18.5. The van der Waals surface area contributed by atoms with Crippen molar-refractivity contribution in [3.63, 3.8) is 0 Å². The summed E-state index contributed by atoms with van der Waals surface area (Å²) in [6, 6.07) is -9.72. The van der Waals surface area contributed by atoms with Crippen LogP contribution >= 0.6 is 24.0 Å². The van der Waals surface area contributed by atoms with Crippen LogP contribution in [0.4, 0.5) is 0 Å². The predicted molar refractivity (Wildman–Crippen MR) is 428 cm³/mol. The quantitative estimate of drug-likeness (QED) is 0.00638. The number of aromatic amines is 1. The second-order valence-electron chi connectivity index (χ2n) is 28.3. The number of hydrogen-bond acceptors (Lipinski definition) is 29. The molecule has 2 heterocycles. The monoisotopic (exact) mass is 1730 g/mol. The Bertz CT molecular complexity index is 4060. The van der Waals surface area contributed by atoms with Crippen molar-refractivity contribution in [1.29, 1.82) is 0 Å². The highest BCUT2D eigenvalue weighted by Crippen LogP contribution is 2.27. The molecule has 14 amide bonds. The van der Waals surface area contributed by atoms with Crippen LogP contribution in [0.15, 0.2) is 59.6 Å². The molecule has 0 bridgehead atoms. The van der Waals surface area contributed by atoms with Crippen LogP contribution in [0.5, 0.6) is 0 Å². The number of para-hydroxylation sites is 1. The molecular formula is C75H110N16O27S2. The fraction of sp³-hybridized carbons (Fsp3) is 0.573. The molecule has 13 atom stereocenters. The molecule has 664 valence electrons. The van der Waals surface area contributed by atoms with Crippen LogP contribution in [0.2, 0.25) is 0 Å². The van der Waals surface area contributed by atoms with Gasteiger partial charge in [-0.3, -0.25) is 76.7 Å². The summed E-state index contributed by atoms with van der Waals surface area (Å²) in [4.78, 5) is 242. The number of nitrogens with two attached hydrogens (primary N) is 2. The van der Waals surface area contributed by atoms with Crippen LogP contribution in [-0.2, 0) is 92.6 Å². The lowest BCUT2D eigenvalue weighted by Gasteiger charge is -2.30. The molecule has 1 aromatic heterocycles. The maximum atomic E-state index is 15.1. The number of thiocarbonyl (C=S) groups is 1. The summed E-state index contributed by atoms with van der Waals surface area (Å²) in [5, 5.41) is 110. The van der Waals surface area contributed by atoms with Crippen molar-refractivity contribution in [1.82, 2.24) is 74.1 Å². The molecule has 3 aromatic rings. The maximum absolute atomic E-state index is 15.1. The largest absolute Gasteiger partial charge is 0.481 e. The number of carbonyl (C=O) groups excluding carboxylic acids is 16. The minimum absolute atomic E-state index is 0.0165. The number of Topliss-reactive ketones (excluding diaryl/α,β-unsaturated/α-hetero) is 1. The number of primary amides is 1. The number of thioether (sulfide) groups is 1. The van der Waals surface area contributed by atoms with Crippen LogP contribution in [0.25, 0.3) is 10.9 Å². The molecule has 0 radical (unpaired) electrons. The molecule has 26 N–H and O–H groups in total. The lowest BCUT2D eigenvalue weighted by atomic mass is 9.95. The van der Waals surface area contributed by atoms with Gasteiger partial charge in [-0.05, 0) is 94.2 Å². The number of carboxylic acid groups (broad SMARTS) is 1. The lowest BCUT2D eigenvalue weighted by molar-refractivity contribution is -0.156. The summed E-state index contributed by atoms with van der Waals surface area (Å²) in [5.74, 6) is -24.1. The Kier molecular flexibility index (Phi) is 44.1. The molecule has 1 saturated heterocycles. The molecule has 1 aliphatic heterocycles. The van der Waals surface area contributed by atoms with Gasteiger partial charge in [-0.2, -0.15) is 0 Å². The number of rotatable bonds is 37. The topological polar surface area (TPSA) is 695 Å². The number of hydrogen-bond donors (Lipinski definition) is 24. The Morgan fingerprint density at radius 2 is 1.18 bits per heavy atom. The van der Waals surface area contributed by atoms with Gasteiger partial charge in [-0.25, -0.2) is 4.79 Å². The number of unbranched alkanes of at least 4 members (excludes halogenated alkanes) is 6. The maximum Gasteiger partial charge on any atom is 0.329 e. The van der Waals surface area contributed by atoms with Gasteiger partial charge in [-0.15, -0.1) is 0 Å². The van der Waals surface area contributed by atoms with E-state index >= 15 is 4.79 Å². The standard InChI is InChI=1S/C75H110N16O27S2/c1-6-8-9-10-11-12-13-24-55(95)83-45(27-40-33-78-43-21-16-14-19-41(40)43)68(110)86-46(29-54(77)94)69(111)88-49(32-61(104)105)70(112)91-63-39(5)118-74(116)50(28-52(93)42-20-15-17-23-53(42)120-75(119)117-7-2)89-73(115)62(37(3)26-58(98)99)90-71(113)51(36-92)84-57(97)34-79-65(107)47(30-59(100)101)85-64(106)38(4)81-67(109)48(31-60(102)103)87-66(108)44(22-18-25-76)82-56(96)35-80-72(63)114/h14-17,19-21,23,33,37-39,44-51,58-60,62-63,78,92,98-103H,6-13,18,22,24-32,34-36,76H2,1-5H3,(H2,77,94)(H,79,107)(H,80,114)(H,81,109)(H,82,96)(H,83,95)(H,84,97)(H,85,106)(H,86,110)(H,87,108)(H,88,111)(H,89,115)(H,90,113)(H,91,112)(H,104,105). The number of aliphatic carboxylic acids is 1. The number of aliphatic hydroxyl groups is 7. The number of fused-ring (bicyclic) bond motifs is 1. The fourth-order valence-corrected chi connectivity index (χ4v) is 13.4. The van der Waals surface area contributed by atoms with E-state index in [4.69, 9.17) is 33.2 Å². The molecule has 2 aromatic carbocycles. The van der Waals surface area contributed by atoms with E-state index in [2.05, 4.69) is 81.0 Å². The molecule has 0 spiro atoms. The molecule has 120 heavy (non-hydrogen) atoms. The number of ketones is 1. The van der Waals surface area contributed by atoms with Gasteiger partial charge in [0.15, 0.2) is 24.7 Å². The van der Waals surface area contributed by atoms with Gasteiger partial charge in [0.05, 0.1) is 39.1 Å². The highest BCUT2D eigenvalue weighted by Gasteiger charge is 2.41. The highest BCUT2D eigenvalue weighted by molar-refractivity contribution is 8.22.